The fraction of sp³-hybridized carbons (Fsp3) is 0. The third kappa shape index (κ3) is 4.42. The molecule has 0 aliphatic rings. The van der Waals surface area contributed by atoms with Gasteiger partial charge in [0.25, 0.3) is 0 Å². The molecule has 11 rings (SSSR count). The third-order valence-corrected chi connectivity index (χ3v) is 11.6. The number of para-hydroxylation sites is 1. The zero-order valence-corrected chi connectivity index (χ0v) is 28.3. The topological polar surface area (TPSA) is 16.4 Å². The van der Waals surface area contributed by atoms with Crippen molar-refractivity contribution >= 4 is 103 Å². The van der Waals surface area contributed by atoms with Crippen LogP contribution in [0.2, 0.25) is 0 Å². The number of furan rings is 1. The number of hydrogen-bond donors (Lipinski definition) is 0. The minimum absolute atomic E-state index is 0.882. The maximum atomic E-state index is 6.79. The van der Waals surface area contributed by atoms with Crippen LogP contribution in [0.5, 0.6) is 0 Å². The Balaban J connectivity index is 1.14. The van der Waals surface area contributed by atoms with Gasteiger partial charge in [-0.3, -0.25) is 0 Å². The van der Waals surface area contributed by atoms with E-state index in [0.29, 0.717) is 0 Å². The van der Waals surface area contributed by atoms with Crippen LogP contribution in [-0.4, -0.2) is 0 Å². The van der Waals surface area contributed by atoms with Crippen LogP contribution in [0.15, 0.2) is 180 Å². The number of nitrogens with zero attached hydrogens (tertiary/aromatic N) is 1. The molecule has 9 aromatic carbocycles. The van der Waals surface area contributed by atoms with E-state index in [4.69, 9.17) is 4.42 Å². The fourth-order valence-electron chi connectivity index (χ4n) is 7.99. The van der Waals surface area contributed by atoms with Gasteiger partial charge in [0, 0.05) is 42.3 Å². The average molecular weight is 668 g/mol. The van der Waals surface area contributed by atoms with Gasteiger partial charge < -0.3 is 9.32 Å². The first-order valence-corrected chi connectivity index (χ1v) is 18.1. The van der Waals surface area contributed by atoms with E-state index in [0.717, 1.165) is 39.0 Å². The van der Waals surface area contributed by atoms with Crippen molar-refractivity contribution < 1.29 is 4.42 Å². The second-order valence-corrected chi connectivity index (χ2v) is 14.4. The molecule has 0 radical (unpaired) electrons. The van der Waals surface area contributed by atoms with Crippen molar-refractivity contribution in [2.45, 2.75) is 0 Å². The van der Waals surface area contributed by atoms with Crippen molar-refractivity contribution in [3.8, 4) is 11.1 Å². The molecular weight excluding hydrogens is 639 g/mol. The zero-order valence-electron chi connectivity index (χ0n) is 27.5. The van der Waals surface area contributed by atoms with Gasteiger partial charge in [-0.15, -0.1) is 11.3 Å². The molecule has 2 heterocycles. The number of hydrogen-bond acceptors (Lipinski definition) is 3. The van der Waals surface area contributed by atoms with Gasteiger partial charge in [0.1, 0.15) is 5.58 Å². The van der Waals surface area contributed by atoms with Crippen molar-refractivity contribution in [1.29, 1.82) is 0 Å². The second-order valence-electron chi connectivity index (χ2n) is 13.3. The molecule has 0 fully saturated rings. The van der Waals surface area contributed by atoms with Gasteiger partial charge in [-0.25, -0.2) is 0 Å². The van der Waals surface area contributed by atoms with Crippen molar-refractivity contribution in [1.82, 2.24) is 0 Å². The molecule has 0 saturated carbocycles. The highest BCUT2D eigenvalue weighted by Crippen LogP contribution is 2.46. The number of fused-ring (bicyclic) bond motifs is 11. The summed E-state index contributed by atoms with van der Waals surface area (Å²) in [5.41, 5.74) is 7.34. The normalized spacial score (nSPS) is 11.9. The summed E-state index contributed by atoms with van der Waals surface area (Å²) in [7, 11) is 0. The summed E-state index contributed by atoms with van der Waals surface area (Å²) < 4.78 is 9.43. The largest absolute Gasteiger partial charge is 0.454 e. The van der Waals surface area contributed by atoms with Gasteiger partial charge >= 0.3 is 0 Å². The molecular formula is C48H29NOS. The fourth-order valence-corrected chi connectivity index (χ4v) is 9.13. The van der Waals surface area contributed by atoms with Crippen LogP contribution in [0.25, 0.3) is 85.6 Å². The van der Waals surface area contributed by atoms with Crippen molar-refractivity contribution in [3.05, 3.63) is 176 Å². The second kappa shape index (κ2) is 11.0. The first kappa shape index (κ1) is 28.4. The standard InChI is InChI=1S/C48H29NOS/c1-3-11-37-31(9-1)17-18-32-21-25-36(29-42(32)37)49(43-27-34-10-2-4-12-38(34)47-41-14-5-7-15-44(41)50-48(43)47)35-23-19-30(20-24-35)33-22-26-40-39-13-6-8-16-45(39)51-46(40)28-33/h1-29H. The van der Waals surface area contributed by atoms with Gasteiger partial charge in [0.15, 0.2) is 5.58 Å². The lowest BCUT2D eigenvalue weighted by Gasteiger charge is -2.27. The molecule has 0 amide bonds. The molecule has 0 atom stereocenters. The van der Waals surface area contributed by atoms with E-state index in [-0.39, 0.29) is 0 Å². The van der Waals surface area contributed by atoms with E-state index >= 15 is 0 Å². The van der Waals surface area contributed by atoms with Crippen LogP contribution in [0, 0.1) is 0 Å². The Morgan fingerprint density at radius 1 is 0.392 bits per heavy atom. The van der Waals surface area contributed by atoms with Gasteiger partial charge in [0.05, 0.1) is 5.69 Å². The van der Waals surface area contributed by atoms with E-state index in [1.807, 2.05) is 17.4 Å². The van der Waals surface area contributed by atoms with Gasteiger partial charge in [-0.2, -0.15) is 0 Å². The van der Waals surface area contributed by atoms with Crippen molar-refractivity contribution in [2.24, 2.45) is 0 Å². The first-order chi connectivity index (χ1) is 25.3. The van der Waals surface area contributed by atoms with E-state index < -0.39 is 0 Å². The van der Waals surface area contributed by atoms with Gasteiger partial charge in [-0.05, 0) is 92.0 Å². The Hall–Kier alpha value is -6.42. The number of anilines is 3. The summed E-state index contributed by atoms with van der Waals surface area (Å²) in [4.78, 5) is 2.37. The predicted octanol–water partition coefficient (Wildman–Crippen LogP) is 14.6. The molecule has 0 N–H and O–H groups in total. The molecule has 0 aliphatic heterocycles. The Kier molecular flexibility index (Phi) is 6.16. The molecule has 2 aromatic heterocycles. The van der Waals surface area contributed by atoms with Crippen LogP contribution in [0.3, 0.4) is 0 Å². The molecule has 11 aromatic rings. The highest BCUT2D eigenvalue weighted by molar-refractivity contribution is 7.25. The summed E-state index contributed by atoms with van der Waals surface area (Å²) in [6, 6.07) is 63.8. The molecule has 0 spiro atoms. The highest BCUT2D eigenvalue weighted by atomic mass is 32.1. The summed E-state index contributed by atoms with van der Waals surface area (Å²) >= 11 is 1.86. The third-order valence-electron chi connectivity index (χ3n) is 10.4. The maximum Gasteiger partial charge on any atom is 0.160 e. The van der Waals surface area contributed by atoms with Crippen LogP contribution in [-0.2, 0) is 0 Å². The zero-order chi connectivity index (χ0) is 33.5. The summed E-state index contributed by atoms with van der Waals surface area (Å²) in [5, 5.41) is 12.2. The van der Waals surface area contributed by atoms with Crippen LogP contribution in [0.4, 0.5) is 17.1 Å². The Morgan fingerprint density at radius 2 is 1.02 bits per heavy atom. The van der Waals surface area contributed by atoms with E-state index in [9.17, 15) is 0 Å². The number of rotatable bonds is 4. The van der Waals surface area contributed by atoms with Crippen molar-refractivity contribution in [2.75, 3.05) is 4.90 Å². The van der Waals surface area contributed by atoms with Crippen LogP contribution < -0.4 is 4.90 Å². The molecule has 0 aliphatic carbocycles. The van der Waals surface area contributed by atoms with Crippen LogP contribution >= 0.6 is 11.3 Å². The SMILES string of the molecule is c1ccc2c(c1)ccc1ccc(N(c3ccc(-c4ccc5c(c4)sc4ccccc45)cc3)c3cc4ccccc4c4c3oc3ccccc34)cc12. The molecule has 0 unspecified atom stereocenters. The molecule has 0 bridgehead atoms. The average Bonchev–Trinajstić information content (AvgIpc) is 3.77. The molecule has 0 saturated heterocycles. The van der Waals surface area contributed by atoms with Gasteiger partial charge in [0.2, 0.25) is 0 Å². The lowest BCUT2D eigenvalue weighted by Crippen LogP contribution is -2.10. The Bertz CT molecular complexity index is 3150. The first-order valence-electron chi connectivity index (χ1n) is 17.3. The lowest BCUT2D eigenvalue weighted by atomic mass is 9.99. The lowest BCUT2D eigenvalue weighted by molar-refractivity contribution is 0.669. The summed E-state index contributed by atoms with van der Waals surface area (Å²) in [5.74, 6) is 0. The Labute approximate surface area is 298 Å². The molecule has 238 valence electrons. The summed E-state index contributed by atoms with van der Waals surface area (Å²) in [6.07, 6.45) is 0. The minimum Gasteiger partial charge on any atom is -0.454 e. The smallest absolute Gasteiger partial charge is 0.160 e. The maximum absolute atomic E-state index is 6.79. The monoisotopic (exact) mass is 667 g/mol. The van der Waals surface area contributed by atoms with E-state index in [1.54, 1.807) is 0 Å². The molecule has 2 nitrogen and oxygen atoms in total. The highest BCUT2D eigenvalue weighted by Gasteiger charge is 2.22. The molecule has 3 heteroatoms. The van der Waals surface area contributed by atoms with Crippen molar-refractivity contribution in [3.63, 3.8) is 0 Å². The molecule has 51 heavy (non-hydrogen) atoms. The van der Waals surface area contributed by atoms with E-state index in [1.165, 1.54) is 63.6 Å². The number of benzene rings is 9. The predicted molar refractivity (Wildman–Crippen MR) is 219 cm³/mol. The Morgan fingerprint density at radius 3 is 1.88 bits per heavy atom. The number of thiophene rings is 1. The van der Waals surface area contributed by atoms with Crippen LogP contribution in [0.1, 0.15) is 0 Å². The van der Waals surface area contributed by atoms with E-state index in [2.05, 4.69) is 175 Å². The minimum atomic E-state index is 0.882. The quantitative estimate of drug-likeness (QED) is 0.174. The van der Waals surface area contributed by atoms with Gasteiger partial charge in [-0.1, -0.05) is 127 Å². The summed E-state index contributed by atoms with van der Waals surface area (Å²) in [6.45, 7) is 0.